The molecule has 0 saturated heterocycles. The first-order chi connectivity index (χ1) is 8.44. The maximum Gasteiger partial charge on any atom is 0.335 e. The van der Waals surface area contributed by atoms with Crippen LogP contribution in [0.1, 0.15) is 25.8 Å². The van der Waals surface area contributed by atoms with Gasteiger partial charge >= 0.3 is 5.97 Å². The molecule has 1 atom stereocenters. The standard InChI is InChI=1S/C15H21NO2.ClH/c1-6-15(16(4)5,18-14(17)12(2)3)13-10-8-7-9-11-13;/h7-11H,2,6H2,1,3-5H3;1H. The lowest BCUT2D eigenvalue weighted by Crippen LogP contribution is -2.45. The molecule has 0 saturated carbocycles. The van der Waals surface area contributed by atoms with Gasteiger partial charge in [-0.25, -0.2) is 4.79 Å². The molecule has 0 bridgehead atoms. The van der Waals surface area contributed by atoms with Gasteiger partial charge in [0, 0.05) is 17.6 Å². The highest BCUT2D eigenvalue weighted by Crippen LogP contribution is 2.32. The van der Waals surface area contributed by atoms with Crippen molar-refractivity contribution in [3.63, 3.8) is 0 Å². The summed E-state index contributed by atoms with van der Waals surface area (Å²) in [6.07, 6.45) is 0.670. The average Bonchev–Trinajstić information content (AvgIpc) is 2.36. The predicted octanol–water partition coefficient (Wildman–Crippen LogP) is 3.35. The van der Waals surface area contributed by atoms with Gasteiger partial charge in [0.1, 0.15) is 0 Å². The molecular weight excluding hydrogens is 262 g/mol. The SMILES string of the molecule is C=C(C)C(=O)OC(CC)(c1ccccc1)N(C)C.Cl. The lowest BCUT2D eigenvalue weighted by molar-refractivity contribution is -0.179. The van der Waals surface area contributed by atoms with Crippen molar-refractivity contribution in [2.45, 2.75) is 26.0 Å². The van der Waals surface area contributed by atoms with E-state index in [4.69, 9.17) is 4.74 Å². The molecule has 19 heavy (non-hydrogen) atoms. The Balaban J connectivity index is 0.00000324. The first-order valence-corrected chi connectivity index (χ1v) is 6.06. The van der Waals surface area contributed by atoms with E-state index in [9.17, 15) is 4.79 Å². The zero-order valence-electron chi connectivity index (χ0n) is 12.0. The van der Waals surface area contributed by atoms with Crippen LogP contribution >= 0.6 is 12.4 Å². The van der Waals surface area contributed by atoms with Crippen molar-refractivity contribution < 1.29 is 9.53 Å². The Labute approximate surface area is 121 Å². The predicted molar refractivity (Wildman–Crippen MR) is 80.3 cm³/mol. The highest BCUT2D eigenvalue weighted by molar-refractivity contribution is 5.87. The summed E-state index contributed by atoms with van der Waals surface area (Å²) < 4.78 is 5.68. The molecule has 4 heteroatoms. The van der Waals surface area contributed by atoms with Crippen LogP contribution in [0.25, 0.3) is 0 Å². The Morgan fingerprint density at radius 1 is 1.32 bits per heavy atom. The number of hydrogen-bond donors (Lipinski definition) is 0. The van der Waals surface area contributed by atoms with Crippen LogP contribution in [0, 0.1) is 0 Å². The molecule has 0 spiro atoms. The number of ether oxygens (including phenoxy) is 1. The van der Waals surface area contributed by atoms with Gasteiger partial charge in [-0.3, -0.25) is 4.90 Å². The number of carbonyl (C=O) groups is 1. The second-order valence-electron chi connectivity index (χ2n) is 4.57. The largest absolute Gasteiger partial charge is 0.436 e. The molecule has 0 amide bonds. The number of nitrogens with zero attached hydrogens (tertiary/aromatic N) is 1. The summed E-state index contributed by atoms with van der Waals surface area (Å²) in [7, 11) is 3.81. The van der Waals surface area contributed by atoms with Gasteiger partial charge < -0.3 is 4.74 Å². The van der Waals surface area contributed by atoms with Crippen LogP contribution in [0.2, 0.25) is 0 Å². The molecule has 1 aromatic rings. The first kappa shape index (κ1) is 17.7. The van der Waals surface area contributed by atoms with Crippen LogP contribution < -0.4 is 0 Å². The first-order valence-electron chi connectivity index (χ1n) is 6.06. The molecule has 0 N–H and O–H groups in total. The summed E-state index contributed by atoms with van der Waals surface area (Å²) in [5, 5.41) is 0. The highest BCUT2D eigenvalue weighted by atomic mass is 35.5. The lowest BCUT2D eigenvalue weighted by atomic mass is 9.98. The van der Waals surface area contributed by atoms with Gasteiger partial charge in [-0.1, -0.05) is 43.8 Å². The minimum Gasteiger partial charge on any atom is -0.436 e. The van der Waals surface area contributed by atoms with E-state index in [0.29, 0.717) is 12.0 Å². The maximum absolute atomic E-state index is 11.8. The van der Waals surface area contributed by atoms with Gasteiger partial charge in [0.2, 0.25) is 0 Å². The highest BCUT2D eigenvalue weighted by Gasteiger charge is 2.37. The number of benzene rings is 1. The summed E-state index contributed by atoms with van der Waals surface area (Å²) in [6, 6.07) is 9.76. The Morgan fingerprint density at radius 3 is 2.21 bits per heavy atom. The normalized spacial score (nSPS) is 13.3. The van der Waals surface area contributed by atoms with E-state index in [1.807, 2.05) is 56.3 Å². The Bertz CT molecular complexity index is 431. The fourth-order valence-electron chi connectivity index (χ4n) is 1.94. The smallest absolute Gasteiger partial charge is 0.335 e. The van der Waals surface area contributed by atoms with Gasteiger partial charge in [0.25, 0.3) is 0 Å². The fourth-order valence-corrected chi connectivity index (χ4v) is 1.94. The van der Waals surface area contributed by atoms with Gasteiger partial charge in [-0.05, 0) is 21.0 Å². The van der Waals surface area contributed by atoms with Crippen molar-refractivity contribution in [2.24, 2.45) is 0 Å². The molecule has 1 aromatic carbocycles. The Morgan fingerprint density at radius 2 is 1.84 bits per heavy atom. The topological polar surface area (TPSA) is 29.5 Å². The summed E-state index contributed by atoms with van der Waals surface area (Å²) in [5.74, 6) is -0.366. The average molecular weight is 284 g/mol. The third-order valence-electron chi connectivity index (χ3n) is 3.04. The van der Waals surface area contributed by atoms with Crippen LogP contribution in [-0.2, 0) is 15.3 Å². The monoisotopic (exact) mass is 283 g/mol. The van der Waals surface area contributed by atoms with Gasteiger partial charge in [0.15, 0.2) is 5.72 Å². The van der Waals surface area contributed by atoms with Crippen LogP contribution in [0.3, 0.4) is 0 Å². The van der Waals surface area contributed by atoms with E-state index in [0.717, 1.165) is 5.56 Å². The Hall–Kier alpha value is -1.32. The van der Waals surface area contributed by atoms with E-state index in [2.05, 4.69) is 6.58 Å². The van der Waals surface area contributed by atoms with Crippen molar-refractivity contribution in [3.05, 3.63) is 48.0 Å². The molecule has 0 fully saturated rings. The van der Waals surface area contributed by atoms with Crippen molar-refractivity contribution in [2.75, 3.05) is 14.1 Å². The zero-order chi connectivity index (χ0) is 13.8. The number of rotatable bonds is 5. The Kier molecular flexibility index (Phi) is 6.81. The zero-order valence-corrected chi connectivity index (χ0v) is 12.8. The van der Waals surface area contributed by atoms with Crippen LogP contribution in [0.15, 0.2) is 42.5 Å². The van der Waals surface area contributed by atoms with Crippen LogP contribution in [-0.4, -0.2) is 25.0 Å². The third-order valence-corrected chi connectivity index (χ3v) is 3.04. The van der Waals surface area contributed by atoms with Gasteiger partial charge in [-0.2, -0.15) is 0 Å². The molecule has 0 heterocycles. The molecule has 1 unspecified atom stereocenters. The van der Waals surface area contributed by atoms with Gasteiger partial charge in [0.05, 0.1) is 0 Å². The molecule has 3 nitrogen and oxygen atoms in total. The molecule has 0 aliphatic carbocycles. The fraction of sp³-hybridized carbons (Fsp3) is 0.400. The van der Waals surface area contributed by atoms with Crippen LogP contribution in [0.4, 0.5) is 0 Å². The maximum atomic E-state index is 11.8. The molecule has 0 aliphatic heterocycles. The summed E-state index contributed by atoms with van der Waals surface area (Å²) in [5.41, 5.74) is 0.634. The molecule has 106 valence electrons. The lowest BCUT2D eigenvalue weighted by Gasteiger charge is -2.38. The summed E-state index contributed by atoms with van der Waals surface area (Å²) in [4.78, 5) is 13.8. The van der Waals surface area contributed by atoms with E-state index in [1.54, 1.807) is 6.92 Å². The van der Waals surface area contributed by atoms with Crippen molar-refractivity contribution in [3.8, 4) is 0 Å². The molecular formula is C15H22ClNO2. The number of hydrogen-bond acceptors (Lipinski definition) is 3. The van der Waals surface area contributed by atoms with E-state index < -0.39 is 5.72 Å². The summed E-state index contributed by atoms with van der Waals surface area (Å²) in [6.45, 7) is 7.29. The van der Waals surface area contributed by atoms with Crippen LogP contribution in [0.5, 0.6) is 0 Å². The molecule has 0 aliphatic rings. The summed E-state index contributed by atoms with van der Waals surface area (Å²) >= 11 is 0. The van der Waals surface area contributed by atoms with E-state index >= 15 is 0 Å². The van der Waals surface area contributed by atoms with Gasteiger partial charge in [-0.15, -0.1) is 12.4 Å². The molecule has 0 aromatic heterocycles. The second-order valence-corrected chi connectivity index (χ2v) is 4.57. The number of esters is 1. The number of carbonyl (C=O) groups excluding carboxylic acids is 1. The third kappa shape index (κ3) is 3.82. The van der Waals surface area contributed by atoms with E-state index in [-0.39, 0.29) is 18.4 Å². The molecule has 1 rings (SSSR count). The van der Waals surface area contributed by atoms with E-state index in [1.165, 1.54) is 0 Å². The minimum atomic E-state index is -0.739. The molecule has 0 radical (unpaired) electrons. The van der Waals surface area contributed by atoms with Crippen molar-refractivity contribution >= 4 is 18.4 Å². The van der Waals surface area contributed by atoms with Crippen molar-refractivity contribution in [1.29, 1.82) is 0 Å². The minimum absolute atomic E-state index is 0. The number of halogens is 1. The van der Waals surface area contributed by atoms with Crippen molar-refractivity contribution in [1.82, 2.24) is 4.90 Å². The second kappa shape index (κ2) is 7.31. The quantitative estimate of drug-likeness (QED) is 0.471.